The predicted octanol–water partition coefficient (Wildman–Crippen LogP) is 4.64. The highest BCUT2D eigenvalue weighted by molar-refractivity contribution is 5.99. The molecule has 0 spiro atoms. The first-order valence-electron chi connectivity index (χ1n) is 9.34. The van der Waals surface area contributed by atoms with Gasteiger partial charge in [-0.3, -0.25) is 9.59 Å². The van der Waals surface area contributed by atoms with Crippen molar-refractivity contribution in [3.63, 3.8) is 0 Å². The maximum Gasteiger partial charge on any atom is 0.159 e. The van der Waals surface area contributed by atoms with Crippen molar-refractivity contribution >= 4 is 11.6 Å². The van der Waals surface area contributed by atoms with Crippen LogP contribution in [0.15, 0.2) is 23.3 Å². The largest absolute Gasteiger partial charge is 0.295 e. The molecule has 23 heavy (non-hydrogen) atoms. The lowest BCUT2D eigenvalue weighted by Gasteiger charge is -2.57. The van der Waals surface area contributed by atoms with E-state index in [1.807, 2.05) is 13.0 Å². The smallest absolute Gasteiger partial charge is 0.159 e. The molecule has 0 saturated heterocycles. The summed E-state index contributed by atoms with van der Waals surface area (Å²) in [5.41, 5.74) is 2.83. The number of hydrogen-bond acceptors (Lipinski definition) is 2. The molecule has 3 saturated carbocycles. The van der Waals surface area contributed by atoms with Gasteiger partial charge in [0.2, 0.25) is 0 Å². The molecule has 5 atom stereocenters. The third-order valence-electron chi connectivity index (χ3n) is 7.96. The number of carbonyl (C=O) groups is 2. The van der Waals surface area contributed by atoms with Crippen molar-refractivity contribution in [2.75, 3.05) is 0 Å². The molecule has 0 aromatic heterocycles. The molecular weight excluding hydrogens is 284 g/mol. The van der Waals surface area contributed by atoms with E-state index in [1.165, 1.54) is 18.4 Å². The van der Waals surface area contributed by atoms with E-state index in [0.717, 1.165) is 31.3 Å². The number of allylic oxidation sites excluding steroid dienone is 3. The fraction of sp³-hybridized carbons (Fsp3) is 0.714. The van der Waals surface area contributed by atoms with Gasteiger partial charge in [0.25, 0.3) is 0 Å². The minimum Gasteiger partial charge on any atom is -0.295 e. The van der Waals surface area contributed by atoms with Gasteiger partial charge in [-0.05, 0) is 79.3 Å². The van der Waals surface area contributed by atoms with E-state index in [4.69, 9.17) is 0 Å². The van der Waals surface area contributed by atoms with Crippen molar-refractivity contribution in [2.45, 2.75) is 65.7 Å². The topological polar surface area (TPSA) is 34.1 Å². The Kier molecular flexibility index (Phi) is 3.28. The van der Waals surface area contributed by atoms with Crippen LogP contribution >= 0.6 is 0 Å². The van der Waals surface area contributed by atoms with Crippen LogP contribution in [0.1, 0.15) is 65.7 Å². The van der Waals surface area contributed by atoms with Gasteiger partial charge in [-0.25, -0.2) is 0 Å². The van der Waals surface area contributed by atoms with Gasteiger partial charge in [0.05, 0.1) is 0 Å². The Morgan fingerprint density at radius 1 is 1.04 bits per heavy atom. The van der Waals surface area contributed by atoms with Gasteiger partial charge >= 0.3 is 0 Å². The summed E-state index contributed by atoms with van der Waals surface area (Å²) in [5, 5.41) is 0. The minimum absolute atomic E-state index is 0.106. The van der Waals surface area contributed by atoms with Crippen LogP contribution in [-0.4, -0.2) is 11.6 Å². The third kappa shape index (κ3) is 1.93. The molecule has 0 aliphatic heterocycles. The summed E-state index contributed by atoms with van der Waals surface area (Å²) in [6, 6.07) is 0. The first-order chi connectivity index (χ1) is 10.9. The summed E-state index contributed by atoms with van der Waals surface area (Å²) < 4.78 is 0. The zero-order chi connectivity index (χ0) is 16.4. The van der Waals surface area contributed by atoms with E-state index in [0.29, 0.717) is 35.7 Å². The van der Waals surface area contributed by atoms with E-state index >= 15 is 0 Å². The molecule has 0 radical (unpaired) electrons. The number of ketones is 2. The molecule has 0 amide bonds. The zero-order valence-corrected chi connectivity index (χ0v) is 14.7. The third-order valence-corrected chi connectivity index (χ3v) is 7.96. The molecule has 3 fully saturated rings. The fourth-order valence-corrected chi connectivity index (χ4v) is 6.71. The maximum absolute atomic E-state index is 12.5. The SMILES string of the molecule is C/C=C1/C(=O)C[C@@H]2[C@H]3CCC4=CC(=O)CC[C@@]4(C)[C@@H]3CC[C@@]12C. The van der Waals surface area contributed by atoms with Crippen molar-refractivity contribution in [1.82, 2.24) is 0 Å². The van der Waals surface area contributed by atoms with Crippen molar-refractivity contribution in [3.8, 4) is 0 Å². The minimum atomic E-state index is 0.106. The second-order valence-electron chi connectivity index (χ2n) is 8.75. The first kappa shape index (κ1) is 15.4. The number of carbonyl (C=O) groups excluding carboxylic acids is 2. The monoisotopic (exact) mass is 312 g/mol. The van der Waals surface area contributed by atoms with Crippen molar-refractivity contribution < 1.29 is 9.59 Å². The molecule has 4 aliphatic carbocycles. The molecule has 4 rings (SSSR count). The summed E-state index contributed by atoms with van der Waals surface area (Å²) in [4.78, 5) is 24.4. The zero-order valence-electron chi connectivity index (χ0n) is 14.7. The summed E-state index contributed by atoms with van der Waals surface area (Å²) in [6.07, 6.45) is 11.1. The van der Waals surface area contributed by atoms with Crippen LogP contribution in [0.4, 0.5) is 0 Å². The van der Waals surface area contributed by atoms with Crippen molar-refractivity contribution in [1.29, 1.82) is 0 Å². The van der Waals surface area contributed by atoms with Crippen LogP contribution in [0.2, 0.25) is 0 Å². The molecule has 2 heteroatoms. The van der Waals surface area contributed by atoms with Gasteiger partial charge in [0.1, 0.15) is 0 Å². The molecule has 2 nitrogen and oxygen atoms in total. The van der Waals surface area contributed by atoms with Crippen molar-refractivity contribution in [3.05, 3.63) is 23.3 Å². The Morgan fingerprint density at radius 2 is 1.83 bits per heavy atom. The van der Waals surface area contributed by atoms with E-state index in [9.17, 15) is 9.59 Å². The van der Waals surface area contributed by atoms with Crippen LogP contribution in [0.25, 0.3) is 0 Å². The van der Waals surface area contributed by atoms with Crippen LogP contribution in [0.5, 0.6) is 0 Å². The Balaban J connectivity index is 1.72. The molecule has 0 bridgehead atoms. The van der Waals surface area contributed by atoms with E-state index in [2.05, 4.69) is 19.9 Å². The summed E-state index contributed by atoms with van der Waals surface area (Å²) in [5.74, 6) is 2.56. The molecule has 0 aromatic carbocycles. The lowest BCUT2D eigenvalue weighted by Crippen LogP contribution is -2.49. The quantitative estimate of drug-likeness (QED) is 0.610. The van der Waals surface area contributed by atoms with Gasteiger partial charge in [-0.2, -0.15) is 0 Å². The fourth-order valence-electron chi connectivity index (χ4n) is 6.71. The molecule has 0 unspecified atom stereocenters. The number of rotatable bonds is 0. The van der Waals surface area contributed by atoms with Crippen molar-refractivity contribution in [2.24, 2.45) is 28.6 Å². The van der Waals surface area contributed by atoms with Gasteiger partial charge in [0.15, 0.2) is 11.6 Å². The molecule has 0 heterocycles. The standard InChI is InChI=1S/C21H28O2/c1-4-16-19(23)12-18-15-6-5-13-11-14(22)7-9-20(13,2)17(15)8-10-21(16,18)3/h4,11,15,17-18H,5-10,12H2,1-3H3/b16-4-/t15-,17+,18+,20+,21-/m0/s1. The number of Topliss-reactive ketones (excluding diaryl/α,β-unsaturated/α-hetero) is 1. The van der Waals surface area contributed by atoms with Crippen LogP contribution in [-0.2, 0) is 9.59 Å². The molecule has 0 N–H and O–H groups in total. The molecular formula is C21H28O2. The van der Waals surface area contributed by atoms with E-state index < -0.39 is 0 Å². The second-order valence-corrected chi connectivity index (χ2v) is 8.75. The van der Waals surface area contributed by atoms with E-state index in [-0.39, 0.29) is 10.8 Å². The maximum atomic E-state index is 12.5. The number of hydrogen-bond donors (Lipinski definition) is 0. The highest BCUT2D eigenvalue weighted by Gasteiger charge is 2.59. The predicted molar refractivity (Wildman–Crippen MR) is 90.9 cm³/mol. The van der Waals surface area contributed by atoms with E-state index in [1.54, 1.807) is 0 Å². The van der Waals surface area contributed by atoms with Gasteiger partial charge in [0, 0.05) is 12.8 Å². The molecule has 124 valence electrons. The Bertz CT molecular complexity index is 640. The summed E-state index contributed by atoms with van der Waals surface area (Å²) in [6.45, 7) is 6.77. The van der Waals surface area contributed by atoms with Crippen LogP contribution in [0, 0.1) is 28.6 Å². The number of fused-ring (bicyclic) bond motifs is 5. The average molecular weight is 312 g/mol. The van der Waals surface area contributed by atoms with Gasteiger partial charge in [-0.15, -0.1) is 0 Å². The van der Waals surface area contributed by atoms with Gasteiger partial charge < -0.3 is 0 Å². The Hall–Kier alpha value is -1.18. The molecule has 0 aromatic rings. The summed E-state index contributed by atoms with van der Waals surface area (Å²) in [7, 11) is 0. The highest BCUT2D eigenvalue weighted by Crippen LogP contribution is 2.65. The Labute approximate surface area is 139 Å². The van der Waals surface area contributed by atoms with Crippen LogP contribution < -0.4 is 0 Å². The molecule has 4 aliphatic rings. The highest BCUT2D eigenvalue weighted by atomic mass is 16.1. The lowest BCUT2D eigenvalue weighted by atomic mass is 9.47. The van der Waals surface area contributed by atoms with Gasteiger partial charge in [-0.1, -0.05) is 25.5 Å². The van der Waals surface area contributed by atoms with Crippen LogP contribution in [0.3, 0.4) is 0 Å². The second kappa shape index (κ2) is 4.91. The first-order valence-corrected chi connectivity index (χ1v) is 9.34. The normalized spacial score (nSPS) is 47.9. The summed E-state index contributed by atoms with van der Waals surface area (Å²) >= 11 is 0. The average Bonchev–Trinajstić information content (AvgIpc) is 2.77. The lowest BCUT2D eigenvalue weighted by molar-refractivity contribution is -0.117. The Morgan fingerprint density at radius 3 is 2.57 bits per heavy atom.